The van der Waals surface area contributed by atoms with E-state index in [0.29, 0.717) is 37.6 Å². The van der Waals surface area contributed by atoms with Gasteiger partial charge in [0.1, 0.15) is 11.4 Å². The van der Waals surface area contributed by atoms with Crippen molar-refractivity contribution in [3.8, 4) is 22.5 Å². The van der Waals surface area contributed by atoms with Crippen molar-refractivity contribution < 1.29 is 9.59 Å². The van der Waals surface area contributed by atoms with Crippen molar-refractivity contribution >= 4 is 11.8 Å². The second-order valence-electron chi connectivity index (χ2n) is 9.33. The first-order valence-electron chi connectivity index (χ1n) is 12.2. The number of rotatable bonds is 8. The van der Waals surface area contributed by atoms with Gasteiger partial charge in [0.2, 0.25) is 0 Å². The number of benzene rings is 2. The molecular formula is C27H27N7O2. The number of fused-ring (bicyclic) bond motifs is 6. The maximum absolute atomic E-state index is 12.7. The Bertz CT molecular complexity index is 1360. The van der Waals surface area contributed by atoms with Gasteiger partial charge in [-0.15, -0.1) is 0 Å². The van der Waals surface area contributed by atoms with E-state index >= 15 is 0 Å². The zero-order chi connectivity index (χ0) is 24.6. The van der Waals surface area contributed by atoms with Crippen molar-refractivity contribution in [3.05, 3.63) is 82.2 Å². The van der Waals surface area contributed by atoms with Gasteiger partial charge in [0.15, 0.2) is 0 Å². The minimum Gasteiger partial charge on any atom is -0.349 e. The number of hydrogen-bond acceptors (Lipinski definition) is 5. The Balaban J connectivity index is 0.957. The Morgan fingerprint density at radius 1 is 0.778 bits per heavy atom. The van der Waals surface area contributed by atoms with Crippen molar-refractivity contribution in [2.24, 2.45) is 0 Å². The third-order valence-electron chi connectivity index (χ3n) is 7.03. The predicted octanol–water partition coefficient (Wildman–Crippen LogP) is 2.37. The smallest absolute Gasteiger partial charge is 0.269 e. The molecule has 0 saturated heterocycles. The highest BCUT2D eigenvalue weighted by Crippen LogP contribution is 2.37. The highest BCUT2D eigenvalue weighted by Gasteiger charge is 2.28. The van der Waals surface area contributed by atoms with Crippen LogP contribution in [0.25, 0.3) is 22.5 Å². The monoisotopic (exact) mass is 481 g/mol. The van der Waals surface area contributed by atoms with E-state index in [1.165, 1.54) is 11.1 Å². The summed E-state index contributed by atoms with van der Waals surface area (Å²) in [5.41, 5.74) is 9.30. The summed E-state index contributed by atoms with van der Waals surface area (Å²) in [7, 11) is 1.97. The molecule has 2 amide bonds. The summed E-state index contributed by atoms with van der Waals surface area (Å²) in [4.78, 5) is 27.6. The first-order valence-corrected chi connectivity index (χ1v) is 12.2. The summed E-state index contributed by atoms with van der Waals surface area (Å²) >= 11 is 0. The number of carbonyl (C=O) groups excluding carboxylic acids is 2. The Hall–Kier alpha value is -4.24. The van der Waals surface area contributed by atoms with E-state index in [0.717, 1.165) is 46.5 Å². The standard InChI is InChI=1S/C27H27N7O2/c1-34(12-10-28-26(35)24-20-14-16-6-2-4-8-18(16)22(20)30-32-24)13-11-29-27(36)25-21-15-17-7-3-5-9-19(17)23(21)31-33-25/h2-9H,10-15H2,1H3,(H,28,35)(H,29,36)(H,30,32)(H,31,33). The quantitative estimate of drug-likeness (QED) is 0.266. The van der Waals surface area contributed by atoms with Gasteiger partial charge in [-0.2, -0.15) is 10.2 Å². The van der Waals surface area contributed by atoms with Crippen LogP contribution in [0.15, 0.2) is 48.5 Å². The van der Waals surface area contributed by atoms with E-state index in [1.807, 2.05) is 43.4 Å². The van der Waals surface area contributed by atoms with Crippen molar-refractivity contribution in [1.29, 1.82) is 0 Å². The summed E-state index contributed by atoms with van der Waals surface area (Å²) in [6.07, 6.45) is 1.44. The Kier molecular flexibility index (Phi) is 5.61. The van der Waals surface area contributed by atoms with Gasteiger partial charge in [-0.25, -0.2) is 0 Å². The number of amides is 2. The summed E-state index contributed by atoms with van der Waals surface area (Å²) in [6, 6.07) is 16.2. The van der Waals surface area contributed by atoms with Gasteiger partial charge < -0.3 is 15.5 Å². The third-order valence-corrected chi connectivity index (χ3v) is 7.03. The van der Waals surface area contributed by atoms with Crippen LogP contribution in [0.2, 0.25) is 0 Å². The first kappa shape index (κ1) is 22.2. The summed E-state index contributed by atoms with van der Waals surface area (Å²) in [5.74, 6) is -0.292. The van der Waals surface area contributed by atoms with Gasteiger partial charge in [0, 0.05) is 61.3 Å². The molecule has 0 saturated carbocycles. The number of aromatic amines is 2. The van der Waals surface area contributed by atoms with E-state index < -0.39 is 0 Å². The number of aromatic nitrogens is 4. The van der Waals surface area contributed by atoms with Crippen LogP contribution in [0.1, 0.15) is 43.2 Å². The number of hydrogen-bond donors (Lipinski definition) is 4. The second-order valence-corrected chi connectivity index (χ2v) is 9.33. The maximum atomic E-state index is 12.7. The molecule has 0 atom stereocenters. The molecule has 0 unspecified atom stereocenters. The molecule has 0 radical (unpaired) electrons. The maximum Gasteiger partial charge on any atom is 0.269 e. The van der Waals surface area contributed by atoms with Gasteiger partial charge in [-0.1, -0.05) is 48.5 Å². The van der Waals surface area contributed by atoms with Crippen LogP contribution in [0, 0.1) is 0 Å². The zero-order valence-corrected chi connectivity index (χ0v) is 20.0. The van der Waals surface area contributed by atoms with E-state index in [-0.39, 0.29) is 11.8 Å². The van der Waals surface area contributed by atoms with Gasteiger partial charge in [0.25, 0.3) is 11.8 Å². The van der Waals surface area contributed by atoms with Crippen molar-refractivity contribution in [2.45, 2.75) is 12.8 Å². The molecule has 0 spiro atoms. The van der Waals surface area contributed by atoms with Crippen molar-refractivity contribution in [3.63, 3.8) is 0 Å². The number of nitrogens with zero attached hydrogens (tertiary/aromatic N) is 3. The topological polar surface area (TPSA) is 119 Å². The summed E-state index contributed by atoms with van der Waals surface area (Å²) < 4.78 is 0. The van der Waals surface area contributed by atoms with Crippen LogP contribution in [-0.2, 0) is 12.8 Å². The summed E-state index contributed by atoms with van der Waals surface area (Å²) in [6.45, 7) is 2.31. The lowest BCUT2D eigenvalue weighted by atomic mass is 10.1. The molecule has 6 rings (SSSR count). The van der Waals surface area contributed by atoms with Crippen LogP contribution in [0.5, 0.6) is 0 Å². The molecule has 2 aliphatic rings. The Labute approximate surface area is 208 Å². The van der Waals surface area contributed by atoms with E-state index in [1.54, 1.807) is 0 Å². The lowest BCUT2D eigenvalue weighted by Gasteiger charge is -2.17. The summed E-state index contributed by atoms with van der Waals surface area (Å²) in [5, 5.41) is 20.5. The van der Waals surface area contributed by atoms with E-state index in [4.69, 9.17) is 0 Å². The van der Waals surface area contributed by atoms with E-state index in [2.05, 4.69) is 48.1 Å². The van der Waals surface area contributed by atoms with Crippen molar-refractivity contribution in [2.75, 3.05) is 33.2 Å². The molecule has 2 heterocycles. The molecule has 4 N–H and O–H groups in total. The second kappa shape index (κ2) is 9.09. The third kappa shape index (κ3) is 3.87. The highest BCUT2D eigenvalue weighted by atomic mass is 16.2. The SMILES string of the molecule is CN(CCNC(=O)c1[nH]nc2c1Cc1ccccc1-2)CCNC(=O)c1[nH]nc2c1Cc1ccccc1-2. The average molecular weight is 482 g/mol. The minimum atomic E-state index is -0.146. The largest absolute Gasteiger partial charge is 0.349 e. The fourth-order valence-corrected chi connectivity index (χ4v) is 5.10. The normalized spacial score (nSPS) is 12.7. The zero-order valence-electron chi connectivity index (χ0n) is 20.0. The number of H-pyrrole nitrogens is 2. The lowest BCUT2D eigenvalue weighted by Crippen LogP contribution is -2.38. The van der Waals surface area contributed by atoms with Crippen LogP contribution < -0.4 is 10.6 Å². The number of likely N-dealkylation sites (N-methyl/N-ethyl adjacent to an activating group) is 1. The molecule has 182 valence electrons. The Morgan fingerprint density at radius 3 is 1.69 bits per heavy atom. The molecule has 2 aliphatic carbocycles. The van der Waals surface area contributed by atoms with E-state index in [9.17, 15) is 9.59 Å². The molecule has 0 aliphatic heterocycles. The molecule has 2 aromatic heterocycles. The predicted molar refractivity (Wildman–Crippen MR) is 136 cm³/mol. The fraction of sp³-hybridized carbons (Fsp3) is 0.259. The lowest BCUT2D eigenvalue weighted by molar-refractivity contribution is 0.0942. The molecule has 4 aromatic rings. The molecule has 0 fully saturated rings. The average Bonchev–Trinajstić information content (AvgIpc) is 3.63. The molecule has 36 heavy (non-hydrogen) atoms. The molecular weight excluding hydrogens is 454 g/mol. The van der Waals surface area contributed by atoms with Crippen LogP contribution in [0.4, 0.5) is 0 Å². The Morgan fingerprint density at radius 2 is 1.22 bits per heavy atom. The molecule has 9 heteroatoms. The first-order chi connectivity index (χ1) is 17.6. The van der Waals surface area contributed by atoms with Crippen LogP contribution in [0.3, 0.4) is 0 Å². The highest BCUT2D eigenvalue weighted by molar-refractivity contribution is 5.97. The fourth-order valence-electron chi connectivity index (χ4n) is 5.10. The van der Waals surface area contributed by atoms with Gasteiger partial charge >= 0.3 is 0 Å². The van der Waals surface area contributed by atoms with Gasteiger partial charge in [-0.05, 0) is 18.2 Å². The molecule has 2 aromatic carbocycles. The van der Waals surface area contributed by atoms with Gasteiger partial charge in [-0.3, -0.25) is 19.8 Å². The minimum absolute atomic E-state index is 0.146. The number of nitrogens with one attached hydrogen (secondary N) is 4. The van der Waals surface area contributed by atoms with Crippen LogP contribution >= 0.6 is 0 Å². The molecule has 9 nitrogen and oxygen atoms in total. The van der Waals surface area contributed by atoms with Crippen molar-refractivity contribution in [1.82, 2.24) is 35.9 Å². The van der Waals surface area contributed by atoms with Crippen LogP contribution in [-0.4, -0.2) is 70.3 Å². The van der Waals surface area contributed by atoms with Gasteiger partial charge in [0.05, 0.1) is 11.4 Å². The molecule has 0 bridgehead atoms. The number of carbonyl (C=O) groups is 2.